The third-order valence-corrected chi connectivity index (χ3v) is 3.30. The van der Waals surface area contributed by atoms with Crippen LogP contribution in [0, 0.1) is 3.57 Å². The molecule has 0 aliphatic carbocycles. The first kappa shape index (κ1) is 11.4. The summed E-state index contributed by atoms with van der Waals surface area (Å²) < 4.78 is 2.45. The van der Waals surface area contributed by atoms with E-state index in [0.717, 1.165) is 14.9 Å². The summed E-state index contributed by atoms with van der Waals surface area (Å²) in [7, 11) is 0. The zero-order valence-corrected chi connectivity index (χ0v) is 10.9. The first-order valence-electron chi connectivity index (χ1n) is 4.32. The lowest BCUT2D eigenvalue weighted by molar-refractivity contribution is 0.0685. The topological polar surface area (TPSA) is 75.1 Å². The Kier molecular flexibility index (Phi) is 3.15. The second-order valence-electron chi connectivity index (χ2n) is 3.15. The Hall–Kier alpha value is -1.09. The number of aromatic carboxylic acids is 1. The van der Waals surface area contributed by atoms with Crippen molar-refractivity contribution in [1.82, 2.24) is 9.55 Å². The van der Waals surface area contributed by atoms with Gasteiger partial charge in [0.2, 0.25) is 0 Å². The summed E-state index contributed by atoms with van der Waals surface area (Å²) in [6, 6.07) is 1.59. The molecule has 0 aromatic carbocycles. The molecule has 2 aromatic rings. The summed E-state index contributed by atoms with van der Waals surface area (Å²) in [5.74, 6) is -0.972. The highest BCUT2D eigenvalue weighted by molar-refractivity contribution is 14.1. The minimum atomic E-state index is -0.972. The van der Waals surface area contributed by atoms with Crippen LogP contribution in [0.25, 0.3) is 0 Å². The number of halogens is 1. The van der Waals surface area contributed by atoms with Gasteiger partial charge in [-0.1, -0.05) is 11.3 Å². The van der Waals surface area contributed by atoms with E-state index in [0.29, 0.717) is 12.2 Å². The molecule has 16 heavy (non-hydrogen) atoms. The van der Waals surface area contributed by atoms with Gasteiger partial charge in [0.25, 0.3) is 0 Å². The average Bonchev–Trinajstić information content (AvgIpc) is 2.74. The van der Waals surface area contributed by atoms with Crippen molar-refractivity contribution in [2.24, 2.45) is 0 Å². The lowest BCUT2D eigenvalue weighted by Crippen LogP contribution is -2.09. The molecule has 2 rings (SSSR count). The molecule has 0 bridgehead atoms. The molecule has 2 N–H and O–H groups in total. The molecule has 84 valence electrons. The molecule has 0 spiro atoms. The van der Waals surface area contributed by atoms with Crippen molar-refractivity contribution >= 4 is 39.9 Å². The average molecular weight is 350 g/mol. The van der Waals surface area contributed by atoms with E-state index in [1.807, 2.05) is 0 Å². The van der Waals surface area contributed by atoms with Crippen molar-refractivity contribution in [3.05, 3.63) is 42.3 Å². The van der Waals surface area contributed by atoms with Crippen LogP contribution in [0.4, 0.5) is 0 Å². The van der Waals surface area contributed by atoms with Gasteiger partial charge < -0.3 is 14.7 Å². The zero-order valence-electron chi connectivity index (χ0n) is 7.94. The van der Waals surface area contributed by atoms with Crippen molar-refractivity contribution in [3.8, 4) is 0 Å². The highest BCUT2D eigenvalue weighted by Gasteiger charge is 2.12. The molecule has 0 atom stereocenters. The van der Waals surface area contributed by atoms with Crippen molar-refractivity contribution in [2.75, 3.05) is 0 Å². The van der Waals surface area contributed by atoms with E-state index in [9.17, 15) is 9.59 Å². The largest absolute Gasteiger partial charge is 0.477 e. The van der Waals surface area contributed by atoms with E-state index < -0.39 is 5.97 Å². The summed E-state index contributed by atoms with van der Waals surface area (Å²) in [6.07, 6.45) is 1.74. The molecule has 0 saturated carbocycles. The summed E-state index contributed by atoms with van der Waals surface area (Å²) in [5, 5.41) is 10.7. The Labute approximate surface area is 108 Å². The predicted octanol–water partition coefficient (Wildman–Crippen LogP) is 1.59. The van der Waals surface area contributed by atoms with Crippen molar-refractivity contribution in [3.63, 3.8) is 0 Å². The number of nitrogens with one attached hydrogen (secondary N) is 1. The summed E-state index contributed by atoms with van der Waals surface area (Å²) in [4.78, 5) is 24.4. The number of aromatic amines is 1. The Morgan fingerprint density at radius 3 is 2.94 bits per heavy atom. The number of carboxylic acid groups (broad SMARTS) is 1. The first-order chi connectivity index (χ1) is 7.56. The quantitative estimate of drug-likeness (QED) is 0.826. The second-order valence-corrected chi connectivity index (χ2v) is 5.24. The number of thiazole rings is 1. The van der Waals surface area contributed by atoms with Crippen LogP contribution in [-0.4, -0.2) is 20.6 Å². The molecular formula is C9H7IN2O3S. The number of carboxylic acids is 1. The van der Waals surface area contributed by atoms with E-state index >= 15 is 0 Å². The van der Waals surface area contributed by atoms with Crippen LogP contribution in [0.5, 0.6) is 0 Å². The molecule has 0 unspecified atom stereocenters. The smallest absolute Gasteiger partial charge is 0.352 e. The number of rotatable bonds is 3. The third kappa shape index (κ3) is 2.35. The van der Waals surface area contributed by atoms with E-state index in [1.54, 1.807) is 22.2 Å². The van der Waals surface area contributed by atoms with Crippen LogP contribution in [0.2, 0.25) is 0 Å². The molecule has 0 aliphatic heterocycles. The molecule has 0 radical (unpaired) electrons. The molecule has 0 fully saturated rings. The fourth-order valence-corrected chi connectivity index (χ4v) is 2.56. The van der Waals surface area contributed by atoms with Crippen molar-refractivity contribution in [2.45, 2.75) is 6.54 Å². The van der Waals surface area contributed by atoms with Gasteiger partial charge in [0, 0.05) is 20.8 Å². The molecule has 2 heterocycles. The fraction of sp³-hybridized carbons (Fsp3) is 0.111. The van der Waals surface area contributed by atoms with Crippen LogP contribution in [0.15, 0.2) is 22.4 Å². The Balaban J connectivity index is 2.34. The minimum absolute atomic E-state index is 0.131. The highest BCUT2D eigenvalue weighted by Crippen LogP contribution is 2.13. The van der Waals surface area contributed by atoms with Crippen LogP contribution in [0.1, 0.15) is 16.2 Å². The molecule has 5 nitrogen and oxygen atoms in total. The molecule has 0 saturated heterocycles. The molecule has 7 heteroatoms. The van der Waals surface area contributed by atoms with Crippen LogP contribution >= 0.6 is 33.9 Å². The van der Waals surface area contributed by atoms with Crippen LogP contribution in [0.3, 0.4) is 0 Å². The van der Waals surface area contributed by atoms with E-state index in [4.69, 9.17) is 5.11 Å². The van der Waals surface area contributed by atoms with Gasteiger partial charge in [0.05, 0.1) is 6.54 Å². The molecule has 0 aliphatic rings. The van der Waals surface area contributed by atoms with Gasteiger partial charge in [0.15, 0.2) is 0 Å². The van der Waals surface area contributed by atoms with Crippen molar-refractivity contribution in [1.29, 1.82) is 0 Å². The monoisotopic (exact) mass is 350 g/mol. The summed E-state index contributed by atoms with van der Waals surface area (Å²) >= 11 is 3.12. The lowest BCUT2D eigenvalue weighted by Gasteiger charge is -2.03. The van der Waals surface area contributed by atoms with Gasteiger partial charge in [-0.2, -0.15) is 0 Å². The minimum Gasteiger partial charge on any atom is -0.477 e. The number of aromatic nitrogens is 2. The maximum absolute atomic E-state index is 10.9. The fourth-order valence-electron chi connectivity index (χ4n) is 1.36. The molecule has 0 amide bonds. The summed E-state index contributed by atoms with van der Waals surface area (Å²) in [5.41, 5.74) is 0.931. The van der Waals surface area contributed by atoms with Gasteiger partial charge in [-0.25, -0.2) is 4.79 Å². The van der Waals surface area contributed by atoms with Gasteiger partial charge in [-0.05, 0) is 28.7 Å². The third-order valence-electron chi connectivity index (χ3n) is 1.99. The number of hydrogen-bond donors (Lipinski definition) is 2. The standard InChI is InChI=1S/C9H7IN2O3S/c10-5-1-7(8(13)14)12(2-5)3-6-4-16-9(15)11-6/h1-2,4H,3H2,(H,11,15)(H,13,14). The maximum atomic E-state index is 10.9. The van der Waals surface area contributed by atoms with Crippen molar-refractivity contribution < 1.29 is 9.90 Å². The van der Waals surface area contributed by atoms with Gasteiger partial charge in [0.1, 0.15) is 5.69 Å². The van der Waals surface area contributed by atoms with Gasteiger partial charge in [-0.15, -0.1) is 0 Å². The number of H-pyrrole nitrogens is 1. The van der Waals surface area contributed by atoms with Gasteiger partial charge in [-0.3, -0.25) is 4.79 Å². The first-order valence-corrected chi connectivity index (χ1v) is 6.28. The summed E-state index contributed by atoms with van der Waals surface area (Å²) in [6.45, 7) is 0.364. The SMILES string of the molecule is O=C(O)c1cc(I)cn1Cc1csc(=O)[nH]1. The highest BCUT2D eigenvalue weighted by atomic mass is 127. The lowest BCUT2D eigenvalue weighted by atomic mass is 10.4. The number of hydrogen-bond acceptors (Lipinski definition) is 3. The Morgan fingerprint density at radius 2 is 2.38 bits per heavy atom. The van der Waals surface area contributed by atoms with E-state index in [1.165, 1.54) is 0 Å². The van der Waals surface area contributed by atoms with Crippen LogP contribution < -0.4 is 4.87 Å². The Bertz CT molecular complexity index is 584. The Morgan fingerprint density at radius 1 is 1.62 bits per heavy atom. The van der Waals surface area contributed by atoms with Crippen LogP contribution in [-0.2, 0) is 6.54 Å². The molecular weight excluding hydrogens is 343 g/mol. The molecule has 2 aromatic heterocycles. The second kappa shape index (κ2) is 4.42. The number of nitrogens with zero attached hydrogens (tertiary/aromatic N) is 1. The number of carbonyl (C=O) groups is 1. The van der Waals surface area contributed by atoms with E-state index in [-0.39, 0.29) is 10.6 Å². The normalized spacial score (nSPS) is 10.6. The zero-order chi connectivity index (χ0) is 11.7. The predicted molar refractivity (Wildman–Crippen MR) is 68.2 cm³/mol. The van der Waals surface area contributed by atoms with E-state index in [2.05, 4.69) is 27.6 Å². The van der Waals surface area contributed by atoms with Gasteiger partial charge >= 0.3 is 10.8 Å². The maximum Gasteiger partial charge on any atom is 0.352 e.